The van der Waals surface area contributed by atoms with E-state index >= 15 is 0 Å². The number of hydrogen-bond acceptors (Lipinski definition) is 3. The fraction of sp³-hybridized carbons (Fsp3) is 0.304. The smallest absolute Gasteiger partial charge is 0.322 e. The average Bonchev–Trinajstić information content (AvgIpc) is 2.74. The van der Waals surface area contributed by atoms with Gasteiger partial charge in [0, 0.05) is 30.3 Å². The number of ether oxygens (including phenoxy) is 1. The second kappa shape index (κ2) is 10.1. The number of benzene rings is 2. The van der Waals surface area contributed by atoms with Crippen LogP contribution in [0.2, 0.25) is 0 Å². The Bertz CT molecular complexity index is 1100. The number of urea groups is 1. The summed E-state index contributed by atoms with van der Waals surface area (Å²) in [7, 11) is 5.66. The van der Waals surface area contributed by atoms with E-state index in [1.165, 1.54) is 29.2 Å². The van der Waals surface area contributed by atoms with Crippen LogP contribution in [0.3, 0.4) is 0 Å². The summed E-state index contributed by atoms with van der Waals surface area (Å²) in [6.07, 6.45) is 0.780. The van der Waals surface area contributed by atoms with Crippen molar-refractivity contribution in [2.75, 3.05) is 39.6 Å². The number of nitrogens with zero attached hydrogens (tertiary/aromatic N) is 1. The first-order valence-electron chi connectivity index (χ1n) is 10.2. The van der Waals surface area contributed by atoms with E-state index < -0.39 is 0 Å². The van der Waals surface area contributed by atoms with Gasteiger partial charge in [-0.05, 0) is 47.9 Å². The Balaban J connectivity index is 1.82. The number of carbonyl (C=O) groups is 1. The number of aromatic amines is 1. The molecular weight excluding hydrogens is 399 g/mol. The van der Waals surface area contributed by atoms with Crippen molar-refractivity contribution in [3.8, 4) is 5.75 Å². The fourth-order valence-corrected chi connectivity index (χ4v) is 3.29. The summed E-state index contributed by atoms with van der Waals surface area (Å²) < 4.78 is 18.4. The Morgan fingerprint density at radius 1 is 1.16 bits per heavy atom. The molecule has 0 fully saturated rings. The van der Waals surface area contributed by atoms with Crippen LogP contribution in [-0.2, 0) is 6.54 Å². The molecule has 31 heavy (non-hydrogen) atoms. The molecule has 3 rings (SSSR count). The van der Waals surface area contributed by atoms with Gasteiger partial charge in [0.2, 0.25) is 0 Å². The lowest BCUT2D eigenvalue weighted by atomic mass is 10.1. The van der Waals surface area contributed by atoms with Crippen molar-refractivity contribution in [2.45, 2.75) is 13.0 Å². The number of amides is 2. The van der Waals surface area contributed by atoms with Crippen LogP contribution < -0.4 is 20.5 Å². The zero-order valence-electron chi connectivity index (χ0n) is 18.0. The molecule has 0 saturated heterocycles. The van der Waals surface area contributed by atoms with E-state index in [2.05, 4.69) is 10.3 Å². The molecule has 0 unspecified atom stereocenters. The molecule has 8 heteroatoms. The first-order valence-corrected chi connectivity index (χ1v) is 10.2. The summed E-state index contributed by atoms with van der Waals surface area (Å²) in [6, 6.07) is 12.5. The van der Waals surface area contributed by atoms with Gasteiger partial charge in [0.1, 0.15) is 11.6 Å². The largest absolute Gasteiger partial charge is 0.497 e. The van der Waals surface area contributed by atoms with E-state index in [9.17, 15) is 14.0 Å². The van der Waals surface area contributed by atoms with Gasteiger partial charge < -0.3 is 24.8 Å². The molecule has 2 aromatic carbocycles. The van der Waals surface area contributed by atoms with Gasteiger partial charge in [0.15, 0.2) is 0 Å². The lowest BCUT2D eigenvalue weighted by Crippen LogP contribution is -3.05. The Kier molecular flexibility index (Phi) is 7.25. The summed E-state index contributed by atoms with van der Waals surface area (Å²) >= 11 is 0. The van der Waals surface area contributed by atoms with E-state index in [1.807, 2.05) is 26.2 Å². The lowest BCUT2D eigenvalue weighted by molar-refractivity contribution is -0.858. The SMILES string of the molecule is COc1ccc2cc(CN(CCC[NH+](C)C)C(=O)Nc3ccc(F)cc3)c(=O)[nH]c2c1. The molecule has 0 atom stereocenters. The Morgan fingerprint density at radius 2 is 1.90 bits per heavy atom. The minimum atomic E-state index is -0.372. The lowest BCUT2D eigenvalue weighted by Gasteiger charge is -2.23. The molecule has 2 amide bonds. The van der Waals surface area contributed by atoms with Crippen molar-refractivity contribution in [1.82, 2.24) is 9.88 Å². The standard InChI is InChI=1S/C23H27FN4O3/c1-27(2)11-4-12-28(23(30)25-19-8-6-18(24)7-9-19)15-17-13-16-5-10-20(31-3)14-21(16)26-22(17)29/h5-10,13-14H,4,11-12,15H2,1-3H3,(H,25,30)(H,26,29)/p+1. The molecule has 7 nitrogen and oxygen atoms in total. The van der Waals surface area contributed by atoms with Gasteiger partial charge in [0.05, 0.1) is 39.8 Å². The van der Waals surface area contributed by atoms with Gasteiger partial charge in [-0.25, -0.2) is 9.18 Å². The number of rotatable bonds is 8. The second-order valence-electron chi connectivity index (χ2n) is 7.75. The number of anilines is 1. The molecule has 1 heterocycles. The summed E-state index contributed by atoms with van der Waals surface area (Å²) in [6.45, 7) is 1.53. The van der Waals surface area contributed by atoms with Gasteiger partial charge in [-0.3, -0.25) is 4.79 Å². The van der Waals surface area contributed by atoms with Gasteiger partial charge in [0.25, 0.3) is 5.56 Å². The molecule has 3 N–H and O–H groups in total. The van der Waals surface area contributed by atoms with Crippen molar-refractivity contribution in [3.05, 3.63) is 70.3 Å². The molecular formula is C23H28FN4O3+. The van der Waals surface area contributed by atoms with Crippen molar-refractivity contribution in [1.29, 1.82) is 0 Å². The highest BCUT2D eigenvalue weighted by Crippen LogP contribution is 2.19. The number of methoxy groups -OCH3 is 1. The van der Waals surface area contributed by atoms with Crippen LogP contribution in [-0.4, -0.2) is 50.2 Å². The van der Waals surface area contributed by atoms with Crippen LogP contribution >= 0.6 is 0 Å². The Morgan fingerprint density at radius 3 is 2.58 bits per heavy atom. The monoisotopic (exact) mass is 427 g/mol. The van der Waals surface area contributed by atoms with Crippen LogP contribution in [0.15, 0.2) is 53.3 Å². The number of nitrogens with one attached hydrogen (secondary N) is 3. The minimum absolute atomic E-state index is 0.160. The molecule has 164 valence electrons. The number of quaternary nitrogens is 1. The normalized spacial score (nSPS) is 11.0. The maximum absolute atomic E-state index is 13.2. The van der Waals surface area contributed by atoms with Crippen LogP contribution in [0.4, 0.5) is 14.9 Å². The second-order valence-corrected chi connectivity index (χ2v) is 7.75. The van der Waals surface area contributed by atoms with Gasteiger partial charge in [-0.2, -0.15) is 0 Å². The summed E-state index contributed by atoms with van der Waals surface area (Å²) in [5.74, 6) is 0.283. The molecule has 0 saturated carbocycles. The van der Waals surface area contributed by atoms with Gasteiger partial charge >= 0.3 is 6.03 Å². The summed E-state index contributed by atoms with van der Waals surface area (Å²) in [4.78, 5) is 31.3. The summed E-state index contributed by atoms with van der Waals surface area (Å²) in [5.41, 5.74) is 1.41. The third-order valence-corrected chi connectivity index (χ3v) is 4.98. The van der Waals surface area contributed by atoms with Crippen LogP contribution in [0.5, 0.6) is 5.75 Å². The maximum Gasteiger partial charge on any atom is 0.322 e. The van der Waals surface area contributed by atoms with Gasteiger partial charge in [-0.1, -0.05) is 0 Å². The maximum atomic E-state index is 13.2. The number of carbonyl (C=O) groups excluding carboxylic acids is 1. The molecule has 3 aromatic rings. The molecule has 1 aromatic heterocycles. The number of aromatic nitrogens is 1. The van der Waals surface area contributed by atoms with Crippen LogP contribution in [0.1, 0.15) is 12.0 Å². The third-order valence-electron chi connectivity index (χ3n) is 4.98. The van der Waals surface area contributed by atoms with E-state index in [1.54, 1.807) is 24.1 Å². The Hall–Kier alpha value is -3.39. The molecule has 0 radical (unpaired) electrons. The van der Waals surface area contributed by atoms with E-state index in [4.69, 9.17) is 4.74 Å². The van der Waals surface area contributed by atoms with Gasteiger partial charge in [-0.15, -0.1) is 0 Å². The molecule has 0 aliphatic rings. The first-order chi connectivity index (χ1) is 14.9. The van der Waals surface area contributed by atoms with Crippen molar-refractivity contribution >= 4 is 22.6 Å². The number of halogens is 1. The molecule has 0 spiro atoms. The number of fused-ring (bicyclic) bond motifs is 1. The fourth-order valence-electron chi connectivity index (χ4n) is 3.29. The quantitative estimate of drug-likeness (QED) is 0.516. The number of pyridine rings is 1. The first kappa shape index (κ1) is 22.3. The van der Waals surface area contributed by atoms with E-state index in [0.717, 1.165) is 18.4 Å². The third kappa shape index (κ3) is 6.05. The topological polar surface area (TPSA) is 78.9 Å². The molecule has 0 aliphatic heterocycles. The minimum Gasteiger partial charge on any atom is -0.497 e. The van der Waals surface area contributed by atoms with E-state index in [-0.39, 0.29) is 24.0 Å². The molecule has 0 bridgehead atoms. The van der Waals surface area contributed by atoms with Crippen molar-refractivity contribution < 1.29 is 18.8 Å². The predicted molar refractivity (Wildman–Crippen MR) is 119 cm³/mol. The summed E-state index contributed by atoms with van der Waals surface area (Å²) in [5, 5.41) is 3.64. The zero-order valence-corrected chi connectivity index (χ0v) is 18.0. The van der Waals surface area contributed by atoms with E-state index in [0.29, 0.717) is 29.1 Å². The number of H-pyrrole nitrogens is 1. The highest BCUT2D eigenvalue weighted by molar-refractivity contribution is 5.89. The van der Waals surface area contributed by atoms with Crippen molar-refractivity contribution in [3.63, 3.8) is 0 Å². The van der Waals surface area contributed by atoms with Crippen LogP contribution in [0.25, 0.3) is 10.9 Å². The Labute approximate surface area is 180 Å². The average molecular weight is 428 g/mol. The van der Waals surface area contributed by atoms with Crippen molar-refractivity contribution in [2.24, 2.45) is 0 Å². The highest BCUT2D eigenvalue weighted by atomic mass is 19.1. The predicted octanol–water partition coefficient (Wildman–Crippen LogP) is 2.24. The van der Waals surface area contributed by atoms with Crippen LogP contribution in [0, 0.1) is 5.82 Å². The zero-order chi connectivity index (χ0) is 22.4. The molecule has 0 aliphatic carbocycles. The highest BCUT2D eigenvalue weighted by Gasteiger charge is 2.17. The number of hydrogen-bond donors (Lipinski definition) is 3.